The molecule has 0 aliphatic carbocycles. The van der Waals surface area contributed by atoms with Crippen LogP contribution in [0, 0.1) is 13.8 Å². The van der Waals surface area contributed by atoms with Crippen molar-refractivity contribution in [1.29, 1.82) is 0 Å². The number of rotatable bonds is 3. The van der Waals surface area contributed by atoms with Gasteiger partial charge in [-0.3, -0.25) is 14.8 Å². The van der Waals surface area contributed by atoms with Crippen LogP contribution < -0.4 is 15.4 Å². The maximum absolute atomic E-state index is 12.7. The average molecular weight is 314 g/mol. The van der Waals surface area contributed by atoms with Crippen molar-refractivity contribution in [3.8, 4) is 5.75 Å². The highest BCUT2D eigenvalue weighted by Crippen LogP contribution is 2.27. The van der Waals surface area contributed by atoms with Gasteiger partial charge in [-0.05, 0) is 19.9 Å². The second-order valence-electron chi connectivity index (χ2n) is 5.76. The first-order valence-electron chi connectivity index (χ1n) is 7.80. The smallest absolute Gasteiger partial charge is 0.242 e. The third-order valence-corrected chi connectivity index (χ3v) is 4.30. The summed E-state index contributed by atoms with van der Waals surface area (Å²) in [4.78, 5) is 12.7. The SMILES string of the molecule is Cc1nn(C)c(C)c1CNC(=O)C1NCCOc2ccccc21. The van der Waals surface area contributed by atoms with Crippen LogP contribution in [-0.4, -0.2) is 28.8 Å². The molecule has 1 amide bonds. The lowest BCUT2D eigenvalue weighted by molar-refractivity contribution is -0.123. The summed E-state index contributed by atoms with van der Waals surface area (Å²) in [6.07, 6.45) is 0. The van der Waals surface area contributed by atoms with Gasteiger partial charge in [0.25, 0.3) is 0 Å². The lowest BCUT2D eigenvalue weighted by atomic mass is 10.0. The van der Waals surface area contributed by atoms with Gasteiger partial charge in [0.2, 0.25) is 5.91 Å². The number of para-hydroxylation sites is 1. The number of ether oxygens (including phenoxy) is 1. The minimum Gasteiger partial charge on any atom is -0.492 e. The van der Waals surface area contributed by atoms with E-state index in [2.05, 4.69) is 15.7 Å². The number of carbonyl (C=O) groups is 1. The van der Waals surface area contributed by atoms with E-state index in [1.807, 2.05) is 49.8 Å². The lowest BCUT2D eigenvalue weighted by Crippen LogP contribution is -2.37. The van der Waals surface area contributed by atoms with Gasteiger partial charge in [0, 0.05) is 37.0 Å². The van der Waals surface area contributed by atoms with Gasteiger partial charge < -0.3 is 10.1 Å². The Balaban J connectivity index is 1.76. The normalized spacial score (nSPS) is 17.1. The van der Waals surface area contributed by atoms with Crippen molar-refractivity contribution in [2.45, 2.75) is 26.4 Å². The minimum atomic E-state index is -0.397. The number of fused-ring (bicyclic) bond motifs is 1. The molecule has 1 atom stereocenters. The van der Waals surface area contributed by atoms with E-state index < -0.39 is 6.04 Å². The fourth-order valence-electron chi connectivity index (χ4n) is 2.91. The van der Waals surface area contributed by atoms with Crippen LogP contribution in [0.5, 0.6) is 5.75 Å². The van der Waals surface area contributed by atoms with Crippen molar-refractivity contribution in [2.75, 3.05) is 13.2 Å². The zero-order valence-electron chi connectivity index (χ0n) is 13.7. The molecule has 1 aliphatic rings. The van der Waals surface area contributed by atoms with E-state index in [0.717, 1.165) is 28.3 Å². The molecule has 23 heavy (non-hydrogen) atoms. The molecule has 0 fully saturated rings. The van der Waals surface area contributed by atoms with Gasteiger partial charge in [-0.25, -0.2) is 0 Å². The molecule has 6 heteroatoms. The Morgan fingerprint density at radius 3 is 2.96 bits per heavy atom. The van der Waals surface area contributed by atoms with Crippen LogP contribution in [-0.2, 0) is 18.4 Å². The molecule has 2 aromatic rings. The summed E-state index contributed by atoms with van der Waals surface area (Å²) in [5.74, 6) is 0.719. The van der Waals surface area contributed by atoms with E-state index in [9.17, 15) is 4.79 Å². The largest absolute Gasteiger partial charge is 0.492 e. The zero-order valence-corrected chi connectivity index (χ0v) is 13.7. The number of benzene rings is 1. The van der Waals surface area contributed by atoms with Gasteiger partial charge in [0.15, 0.2) is 0 Å². The molecule has 0 saturated heterocycles. The molecule has 3 rings (SSSR count). The highest BCUT2D eigenvalue weighted by molar-refractivity contribution is 5.84. The van der Waals surface area contributed by atoms with Crippen molar-refractivity contribution in [3.05, 3.63) is 46.8 Å². The number of nitrogens with zero attached hydrogens (tertiary/aromatic N) is 2. The predicted octanol–water partition coefficient (Wildman–Crippen LogP) is 1.38. The lowest BCUT2D eigenvalue weighted by Gasteiger charge is -2.17. The Bertz CT molecular complexity index is 723. The Morgan fingerprint density at radius 1 is 1.43 bits per heavy atom. The molecule has 1 aliphatic heterocycles. The minimum absolute atomic E-state index is 0.0504. The van der Waals surface area contributed by atoms with E-state index in [0.29, 0.717) is 19.7 Å². The fourth-order valence-corrected chi connectivity index (χ4v) is 2.91. The molecule has 0 bridgehead atoms. The standard InChI is InChI=1S/C17H22N4O2/c1-11-14(12(2)21(3)20-11)10-19-17(22)16-13-6-4-5-7-15(13)23-9-8-18-16/h4-7,16,18H,8-10H2,1-3H3,(H,19,22). The Morgan fingerprint density at radius 2 is 2.22 bits per heavy atom. The monoisotopic (exact) mass is 314 g/mol. The summed E-state index contributed by atoms with van der Waals surface area (Å²) in [7, 11) is 1.91. The summed E-state index contributed by atoms with van der Waals surface area (Å²) < 4.78 is 7.51. The predicted molar refractivity (Wildman–Crippen MR) is 87.2 cm³/mol. The van der Waals surface area contributed by atoms with E-state index in [4.69, 9.17) is 4.74 Å². The van der Waals surface area contributed by atoms with Gasteiger partial charge >= 0.3 is 0 Å². The van der Waals surface area contributed by atoms with E-state index in [-0.39, 0.29) is 5.91 Å². The average Bonchev–Trinajstić information content (AvgIpc) is 2.71. The highest BCUT2D eigenvalue weighted by Gasteiger charge is 2.25. The van der Waals surface area contributed by atoms with Crippen molar-refractivity contribution in [1.82, 2.24) is 20.4 Å². The van der Waals surface area contributed by atoms with Crippen LogP contribution >= 0.6 is 0 Å². The van der Waals surface area contributed by atoms with Gasteiger partial charge in [0.1, 0.15) is 18.4 Å². The molecule has 2 N–H and O–H groups in total. The van der Waals surface area contributed by atoms with Crippen molar-refractivity contribution < 1.29 is 9.53 Å². The molecule has 1 aromatic carbocycles. The first-order valence-corrected chi connectivity index (χ1v) is 7.80. The number of carbonyl (C=O) groups excluding carboxylic acids is 1. The van der Waals surface area contributed by atoms with E-state index in [1.165, 1.54) is 0 Å². The molecule has 0 saturated carbocycles. The maximum Gasteiger partial charge on any atom is 0.242 e. The van der Waals surface area contributed by atoms with E-state index >= 15 is 0 Å². The maximum atomic E-state index is 12.7. The van der Waals surface area contributed by atoms with Gasteiger partial charge in [-0.2, -0.15) is 5.10 Å². The van der Waals surface area contributed by atoms with Crippen LogP contribution in [0.3, 0.4) is 0 Å². The summed E-state index contributed by atoms with van der Waals surface area (Å²) in [5, 5.41) is 10.7. The fraction of sp³-hybridized carbons (Fsp3) is 0.412. The molecular formula is C17H22N4O2. The molecule has 1 aromatic heterocycles. The van der Waals surface area contributed by atoms with Gasteiger partial charge in [0.05, 0.1) is 5.69 Å². The van der Waals surface area contributed by atoms with Crippen LogP contribution in [0.25, 0.3) is 0 Å². The summed E-state index contributed by atoms with van der Waals surface area (Å²) in [6, 6.07) is 7.27. The van der Waals surface area contributed by atoms with Gasteiger partial charge in [-0.15, -0.1) is 0 Å². The van der Waals surface area contributed by atoms with Crippen LogP contribution in [0.15, 0.2) is 24.3 Å². The summed E-state index contributed by atoms with van der Waals surface area (Å²) >= 11 is 0. The second kappa shape index (κ2) is 6.42. The molecule has 1 unspecified atom stereocenters. The molecular weight excluding hydrogens is 292 g/mol. The topological polar surface area (TPSA) is 68.2 Å². The Kier molecular flexibility index (Phi) is 4.34. The number of aromatic nitrogens is 2. The number of aryl methyl sites for hydroxylation is 2. The summed E-state index contributed by atoms with van der Waals surface area (Å²) in [5.41, 5.74) is 3.96. The highest BCUT2D eigenvalue weighted by atomic mass is 16.5. The number of hydrogen-bond donors (Lipinski definition) is 2. The first kappa shape index (κ1) is 15.6. The second-order valence-corrected chi connectivity index (χ2v) is 5.76. The Labute approximate surface area is 135 Å². The van der Waals surface area contributed by atoms with Crippen LogP contribution in [0.4, 0.5) is 0 Å². The molecule has 122 valence electrons. The quantitative estimate of drug-likeness (QED) is 0.898. The van der Waals surface area contributed by atoms with Gasteiger partial charge in [-0.1, -0.05) is 18.2 Å². The third kappa shape index (κ3) is 3.07. The summed E-state index contributed by atoms with van der Waals surface area (Å²) in [6.45, 7) is 5.64. The zero-order chi connectivity index (χ0) is 16.4. The number of nitrogens with one attached hydrogen (secondary N) is 2. The van der Waals surface area contributed by atoms with Crippen molar-refractivity contribution >= 4 is 5.91 Å². The number of hydrogen-bond acceptors (Lipinski definition) is 4. The van der Waals surface area contributed by atoms with Crippen LogP contribution in [0.2, 0.25) is 0 Å². The third-order valence-electron chi connectivity index (χ3n) is 4.30. The Hall–Kier alpha value is -2.34. The van der Waals surface area contributed by atoms with Crippen molar-refractivity contribution in [2.24, 2.45) is 7.05 Å². The first-order chi connectivity index (χ1) is 11.1. The molecule has 2 heterocycles. The van der Waals surface area contributed by atoms with Crippen molar-refractivity contribution in [3.63, 3.8) is 0 Å². The molecule has 6 nitrogen and oxygen atoms in total. The van der Waals surface area contributed by atoms with Crippen LogP contribution in [0.1, 0.15) is 28.6 Å². The number of amides is 1. The molecule has 0 radical (unpaired) electrons. The van der Waals surface area contributed by atoms with E-state index in [1.54, 1.807) is 0 Å². The molecule has 0 spiro atoms.